The average Bonchev–Trinajstić information content (AvgIpc) is 2.96. The van der Waals surface area contributed by atoms with Crippen molar-refractivity contribution in [1.29, 1.82) is 0 Å². The van der Waals surface area contributed by atoms with Crippen molar-refractivity contribution >= 4 is 0 Å². The van der Waals surface area contributed by atoms with E-state index in [1.54, 1.807) is 0 Å². The summed E-state index contributed by atoms with van der Waals surface area (Å²) in [6, 6.07) is 26.9. The van der Waals surface area contributed by atoms with Crippen LogP contribution in [0.4, 0.5) is 0 Å². The Bertz CT molecular complexity index is 1170. The zero-order valence-electron chi connectivity index (χ0n) is 19.9. The van der Waals surface area contributed by atoms with Gasteiger partial charge in [-0.25, -0.2) is 0 Å². The standard InChI is InChI=1S/C32H34/c1-5-11-26-12-9-10-15-30(26)31-22-29(19-17-25(31)4)32(27-13-7-6-8-14-27)28-18-16-23(2)20-24(3)21-28/h6-10,12-19,21-22,32H,5,11,20H2,1-4H3. The van der Waals surface area contributed by atoms with E-state index in [4.69, 9.17) is 0 Å². The molecule has 3 aromatic rings. The monoisotopic (exact) mass is 418 g/mol. The number of allylic oxidation sites excluding steroid dienone is 6. The van der Waals surface area contributed by atoms with Crippen molar-refractivity contribution in [2.24, 2.45) is 0 Å². The average molecular weight is 419 g/mol. The molecule has 1 unspecified atom stereocenters. The minimum atomic E-state index is 0.214. The normalized spacial score (nSPS) is 14.8. The molecule has 0 N–H and O–H groups in total. The van der Waals surface area contributed by atoms with Crippen molar-refractivity contribution in [2.75, 3.05) is 0 Å². The SMILES string of the molecule is CCCc1ccccc1-c1cc(C(C2=CC=C(C)CC(C)=C2)c2ccccc2)ccc1C. The molecule has 0 nitrogen and oxygen atoms in total. The second-order valence-corrected chi connectivity index (χ2v) is 9.17. The van der Waals surface area contributed by atoms with Gasteiger partial charge in [-0.3, -0.25) is 0 Å². The summed E-state index contributed by atoms with van der Waals surface area (Å²) in [6.45, 7) is 8.97. The maximum atomic E-state index is 2.44. The van der Waals surface area contributed by atoms with Crippen molar-refractivity contribution in [2.45, 2.75) is 52.9 Å². The Morgan fingerprint density at radius 1 is 0.719 bits per heavy atom. The Kier molecular flexibility index (Phi) is 6.90. The van der Waals surface area contributed by atoms with Gasteiger partial charge in [0, 0.05) is 5.92 Å². The summed E-state index contributed by atoms with van der Waals surface area (Å²) >= 11 is 0. The lowest BCUT2D eigenvalue weighted by Crippen LogP contribution is -2.05. The molecule has 0 heteroatoms. The molecule has 4 rings (SSSR count). The van der Waals surface area contributed by atoms with E-state index in [1.165, 1.54) is 50.1 Å². The summed E-state index contributed by atoms with van der Waals surface area (Å²) < 4.78 is 0. The molecule has 0 aromatic heterocycles. The van der Waals surface area contributed by atoms with Crippen LogP contribution in [-0.4, -0.2) is 0 Å². The van der Waals surface area contributed by atoms with E-state index in [0.717, 1.165) is 19.3 Å². The van der Waals surface area contributed by atoms with Gasteiger partial charge in [-0.05, 0) is 78.6 Å². The van der Waals surface area contributed by atoms with Crippen LogP contribution in [0.5, 0.6) is 0 Å². The summed E-state index contributed by atoms with van der Waals surface area (Å²) in [7, 11) is 0. The van der Waals surface area contributed by atoms with Gasteiger partial charge in [0.2, 0.25) is 0 Å². The Morgan fingerprint density at radius 2 is 1.47 bits per heavy atom. The second-order valence-electron chi connectivity index (χ2n) is 9.17. The van der Waals surface area contributed by atoms with E-state index in [0.29, 0.717) is 0 Å². The largest absolute Gasteiger partial charge is 0.0693 e. The third kappa shape index (κ3) is 4.86. The van der Waals surface area contributed by atoms with Crippen molar-refractivity contribution < 1.29 is 0 Å². The van der Waals surface area contributed by atoms with Crippen LogP contribution in [0, 0.1) is 6.92 Å². The predicted octanol–water partition coefficient (Wildman–Crippen LogP) is 8.97. The maximum Gasteiger partial charge on any atom is 0.0340 e. The third-order valence-electron chi connectivity index (χ3n) is 6.42. The molecule has 162 valence electrons. The predicted molar refractivity (Wildman–Crippen MR) is 139 cm³/mol. The molecule has 32 heavy (non-hydrogen) atoms. The maximum absolute atomic E-state index is 2.44. The van der Waals surface area contributed by atoms with Crippen LogP contribution in [0.25, 0.3) is 11.1 Å². The molecule has 0 spiro atoms. The minimum absolute atomic E-state index is 0.214. The molecule has 3 aromatic carbocycles. The number of hydrogen-bond acceptors (Lipinski definition) is 0. The third-order valence-corrected chi connectivity index (χ3v) is 6.42. The molecule has 1 aliphatic carbocycles. The quantitative estimate of drug-likeness (QED) is 0.375. The van der Waals surface area contributed by atoms with Crippen molar-refractivity contribution in [1.82, 2.24) is 0 Å². The van der Waals surface area contributed by atoms with E-state index in [2.05, 4.69) is 119 Å². The molecule has 0 aliphatic heterocycles. The zero-order chi connectivity index (χ0) is 22.5. The van der Waals surface area contributed by atoms with Gasteiger partial charge < -0.3 is 0 Å². The number of aryl methyl sites for hydroxylation is 2. The van der Waals surface area contributed by atoms with E-state index < -0.39 is 0 Å². The molecule has 0 saturated carbocycles. The number of hydrogen-bond donors (Lipinski definition) is 0. The summed E-state index contributed by atoms with van der Waals surface area (Å²) in [5.74, 6) is 0.214. The van der Waals surface area contributed by atoms with Crippen molar-refractivity contribution in [3.8, 4) is 11.1 Å². The van der Waals surface area contributed by atoms with E-state index >= 15 is 0 Å². The fourth-order valence-corrected chi connectivity index (χ4v) is 4.90. The molecule has 0 radical (unpaired) electrons. The van der Waals surface area contributed by atoms with Gasteiger partial charge in [-0.15, -0.1) is 0 Å². The first-order valence-electron chi connectivity index (χ1n) is 11.8. The van der Waals surface area contributed by atoms with Crippen LogP contribution >= 0.6 is 0 Å². The summed E-state index contributed by atoms with van der Waals surface area (Å²) in [5.41, 5.74) is 12.4. The lowest BCUT2D eigenvalue weighted by Gasteiger charge is -2.22. The van der Waals surface area contributed by atoms with Gasteiger partial charge in [0.25, 0.3) is 0 Å². The highest BCUT2D eigenvalue weighted by molar-refractivity contribution is 5.72. The van der Waals surface area contributed by atoms with Gasteiger partial charge in [0.05, 0.1) is 0 Å². The van der Waals surface area contributed by atoms with Gasteiger partial charge >= 0.3 is 0 Å². The van der Waals surface area contributed by atoms with Crippen LogP contribution < -0.4 is 0 Å². The van der Waals surface area contributed by atoms with Gasteiger partial charge in [0.15, 0.2) is 0 Å². The van der Waals surface area contributed by atoms with Crippen LogP contribution in [0.15, 0.2) is 108 Å². The summed E-state index contributed by atoms with van der Waals surface area (Å²) in [4.78, 5) is 0. The molecule has 0 bridgehead atoms. The molecule has 0 saturated heterocycles. The fourth-order valence-electron chi connectivity index (χ4n) is 4.90. The zero-order valence-corrected chi connectivity index (χ0v) is 19.9. The van der Waals surface area contributed by atoms with Gasteiger partial charge in [-0.1, -0.05) is 109 Å². The molecule has 0 heterocycles. The highest BCUT2D eigenvalue weighted by Gasteiger charge is 2.20. The fraction of sp³-hybridized carbons (Fsp3) is 0.250. The first-order chi connectivity index (χ1) is 15.6. The summed E-state index contributed by atoms with van der Waals surface area (Å²) in [5, 5.41) is 0. The lowest BCUT2D eigenvalue weighted by atomic mass is 9.81. The minimum Gasteiger partial charge on any atom is -0.0693 e. The smallest absolute Gasteiger partial charge is 0.0340 e. The Balaban J connectivity index is 1.89. The van der Waals surface area contributed by atoms with Gasteiger partial charge in [0.1, 0.15) is 0 Å². The molecule has 0 amide bonds. The molecular weight excluding hydrogens is 384 g/mol. The van der Waals surface area contributed by atoms with Crippen LogP contribution in [0.3, 0.4) is 0 Å². The molecule has 1 atom stereocenters. The molecular formula is C32H34. The highest BCUT2D eigenvalue weighted by Crippen LogP contribution is 2.38. The Labute approximate surface area is 194 Å². The summed E-state index contributed by atoms with van der Waals surface area (Å²) in [6.07, 6.45) is 10.3. The van der Waals surface area contributed by atoms with E-state index in [1.807, 2.05) is 0 Å². The molecule has 0 fully saturated rings. The van der Waals surface area contributed by atoms with E-state index in [9.17, 15) is 0 Å². The van der Waals surface area contributed by atoms with Gasteiger partial charge in [-0.2, -0.15) is 0 Å². The number of benzene rings is 3. The van der Waals surface area contributed by atoms with Crippen LogP contribution in [0.1, 0.15) is 61.8 Å². The Hall–Kier alpha value is -3.12. The molecule has 1 aliphatic rings. The van der Waals surface area contributed by atoms with E-state index in [-0.39, 0.29) is 5.92 Å². The van der Waals surface area contributed by atoms with Crippen molar-refractivity contribution in [3.05, 3.63) is 130 Å². The van der Waals surface area contributed by atoms with Crippen molar-refractivity contribution in [3.63, 3.8) is 0 Å². The second kappa shape index (κ2) is 10.0. The first kappa shape index (κ1) is 22.1. The topological polar surface area (TPSA) is 0 Å². The highest BCUT2D eigenvalue weighted by atomic mass is 14.2. The van der Waals surface area contributed by atoms with Crippen LogP contribution in [-0.2, 0) is 6.42 Å². The Morgan fingerprint density at radius 3 is 2.25 bits per heavy atom. The lowest BCUT2D eigenvalue weighted by molar-refractivity contribution is 0.923. The van der Waals surface area contributed by atoms with Crippen LogP contribution in [0.2, 0.25) is 0 Å². The number of rotatable bonds is 6. The first-order valence-corrected chi connectivity index (χ1v) is 11.8.